The molecular weight excluding hydrogens is 440 g/mol. The van der Waals surface area contributed by atoms with Gasteiger partial charge in [-0.3, -0.25) is 9.59 Å². The molecule has 0 bridgehead atoms. The Bertz CT molecular complexity index is 1140. The molecule has 170 valence electrons. The molecule has 0 aliphatic rings. The summed E-state index contributed by atoms with van der Waals surface area (Å²) >= 11 is 6.14. The molecule has 3 rings (SSSR count). The van der Waals surface area contributed by atoms with Crippen molar-refractivity contribution >= 4 is 35.1 Å². The van der Waals surface area contributed by atoms with Crippen molar-refractivity contribution in [3.63, 3.8) is 0 Å². The van der Waals surface area contributed by atoms with Crippen molar-refractivity contribution in [3.8, 4) is 0 Å². The molecule has 0 spiro atoms. The van der Waals surface area contributed by atoms with E-state index in [9.17, 15) is 14.4 Å². The maximum atomic E-state index is 13.3. The number of anilines is 1. The largest absolute Gasteiger partial charge is 0.444 e. The average molecular weight is 465 g/mol. The normalized spacial score (nSPS) is 11.9. The molecule has 6 nitrogen and oxygen atoms in total. The van der Waals surface area contributed by atoms with Gasteiger partial charge in [-0.2, -0.15) is 0 Å². The highest BCUT2D eigenvalue weighted by molar-refractivity contribution is 6.31. The van der Waals surface area contributed by atoms with E-state index in [2.05, 4.69) is 10.6 Å². The summed E-state index contributed by atoms with van der Waals surface area (Å²) in [6.45, 7) is 5.21. The van der Waals surface area contributed by atoms with Gasteiger partial charge in [-0.25, -0.2) is 4.79 Å². The van der Waals surface area contributed by atoms with E-state index < -0.39 is 23.6 Å². The standard InChI is InChI=1S/C26H25ClN2O4/c1-26(2,3)33-25(32)29-22(17-10-6-4-7-11-17)24(31)28-21-15-14-19(27)16-20(21)23(30)18-12-8-5-9-13-18/h4-16,22H,1-3H3,(H,28,31)(H,29,32)/t22-/m0/s1. The average Bonchev–Trinajstić information content (AvgIpc) is 2.78. The number of amides is 2. The molecule has 0 unspecified atom stereocenters. The number of benzene rings is 3. The molecule has 3 aromatic rings. The van der Waals surface area contributed by atoms with Crippen LogP contribution in [0.2, 0.25) is 5.02 Å². The number of ether oxygens (including phenoxy) is 1. The van der Waals surface area contributed by atoms with Crippen LogP contribution in [0.1, 0.15) is 48.3 Å². The smallest absolute Gasteiger partial charge is 0.408 e. The quantitative estimate of drug-likeness (QED) is 0.453. The van der Waals surface area contributed by atoms with E-state index in [1.807, 2.05) is 12.1 Å². The summed E-state index contributed by atoms with van der Waals surface area (Å²) in [4.78, 5) is 38.8. The number of halogens is 1. The van der Waals surface area contributed by atoms with Crippen LogP contribution in [0.3, 0.4) is 0 Å². The van der Waals surface area contributed by atoms with Crippen LogP contribution < -0.4 is 10.6 Å². The van der Waals surface area contributed by atoms with Crippen LogP contribution in [0.15, 0.2) is 78.9 Å². The van der Waals surface area contributed by atoms with Crippen LogP contribution >= 0.6 is 11.6 Å². The Morgan fingerprint density at radius 2 is 1.48 bits per heavy atom. The second-order valence-electron chi connectivity index (χ2n) is 8.36. The third-order valence-corrected chi connectivity index (χ3v) is 4.81. The van der Waals surface area contributed by atoms with Gasteiger partial charge in [0.15, 0.2) is 5.78 Å². The lowest BCUT2D eigenvalue weighted by Crippen LogP contribution is -2.40. The van der Waals surface area contributed by atoms with Crippen molar-refractivity contribution in [1.29, 1.82) is 0 Å². The first kappa shape index (κ1) is 24.0. The van der Waals surface area contributed by atoms with Gasteiger partial charge in [0.05, 0.1) is 5.69 Å². The van der Waals surface area contributed by atoms with Gasteiger partial charge in [-0.05, 0) is 44.5 Å². The lowest BCUT2D eigenvalue weighted by Gasteiger charge is -2.24. The topological polar surface area (TPSA) is 84.5 Å². The predicted molar refractivity (Wildman–Crippen MR) is 129 cm³/mol. The van der Waals surface area contributed by atoms with Crippen LogP contribution in [0, 0.1) is 0 Å². The molecule has 2 N–H and O–H groups in total. The number of hydrogen-bond acceptors (Lipinski definition) is 4. The van der Waals surface area contributed by atoms with Gasteiger partial charge in [0.25, 0.3) is 5.91 Å². The number of carbonyl (C=O) groups is 3. The SMILES string of the molecule is CC(C)(C)OC(=O)N[C@H](C(=O)Nc1ccc(Cl)cc1C(=O)c1ccccc1)c1ccccc1. The van der Waals surface area contributed by atoms with Gasteiger partial charge >= 0.3 is 6.09 Å². The Morgan fingerprint density at radius 1 is 0.879 bits per heavy atom. The maximum Gasteiger partial charge on any atom is 0.408 e. The first-order valence-corrected chi connectivity index (χ1v) is 10.8. The van der Waals surface area contributed by atoms with Gasteiger partial charge in [0.1, 0.15) is 11.6 Å². The number of rotatable bonds is 6. The summed E-state index contributed by atoms with van der Waals surface area (Å²) in [6, 6.07) is 21.1. The number of ketones is 1. The zero-order valence-corrected chi connectivity index (χ0v) is 19.3. The second kappa shape index (κ2) is 10.3. The first-order valence-electron chi connectivity index (χ1n) is 10.4. The molecule has 2 amide bonds. The van der Waals surface area contributed by atoms with Crippen LogP contribution in [0.5, 0.6) is 0 Å². The molecule has 0 saturated heterocycles. The fraction of sp³-hybridized carbons (Fsp3) is 0.192. The highest BCUT2D eigenvalue weighted by atomic mass is 35.5. The minimum atomic E-state index is -1.04. The maximum absolute atomic E-state index is 13.3. The molecule has 0 aliphatic carbocycles. The van der Waals surface area contributed by atoms with Gasteiger partial charge in [-0.1, -0.05) is 72.3 Å². The molecule has 0 aromatic heterocycles. The zero-order chi connectivity index (χ0) is 24.0. The molecular formula is C26H25ClN2O4. The number of carbonyl (C=O) groups excluding carboxylic acids is 3. The van der Waals surface area contributed by atoms with Crippen molar-refractivity contribution in [1.82, 2.24) is 5.32 Å². The van der Waals surface area contributed by atoms with E-state index in [1.54, 1.807) is 81.4 Å². The first-order chi connectivity index (χ1) is 15.6. The fourth-order valence-corrected chi connectivity index (χ4v) is 3.31. The summed E-state index contributed by atoms with van der Waals surface area (Å²) in [5.41, 5.74) is 0.816. The monoisotopic (exact) mass is 464 g/mol. The van der Waals surface area contributed by atoms with Crippen LogP contribution in [-0.2, 0) is 9.53 Å². The fourth-order valence-electron chi connectivity index (χ4n) is 3.13. The van der Waals surface area contributed by atoms with E-state index in [4.69, 9.17) is 16.3 Å². The van der Waals surface area contributed by atoms with Crippen LogP contribution in [0.25, 0.3) is 0 Å². The third kappa shape index (κ3) is 6.67. The van der Waals surface area contributed by atoms with Gasteiger partial charge in [0, 0.05) is 16.1 Å². The van der Waals surface area contributed by atoms with E-state index in [0.29, 0.717) is 16.1 Å². The van der Waals surface area contributed by atoms with E-state index in [0.717, 1.165) is 0 Å². The minimum absolute atomic E-state index is 0.242. The molecule has 0 fully saturated rings. The summed E-state index contributed by atoms with van der Waals surface area (Å²) in [5, 5.41) is 5.74. The summed E-state index contributed by atoms with van der Waals surface area (Å²) in [6.07, 6.45) is -0.733. The Labute approximate surface area is 197 Å². The Balaban J connectivity index is 1.91. The molecule has 33 heavy (non-hydrogen) atoms. The zero-order valence-electron chi connectivity index (χ0n) is 18.6. The Kier molecular flexibility index (Phi) is 7.51. The van der Waals surface area contributed by atoms with Gasteiger partial charge < -0.3 is 15.4 Å². The lowest BCUT2D eigenvalue weighted by molar-refractivity contribution is -0.118. The van der Waals surface area contributed by atoms with Gasteiger partial charge in [0.2, 0.25) is 0 Å². The molecule has 0 saturated carbocycles. The number of nitrogens with one attached hydrogen (secondary N) is 2. The van der Waals surface area contributed by atoms with E-state index in [-0.39, 0.29) is 17.0 Å². The van der Waals surface area contributed by atoms with Crippen molar-refractivity contribution in [2.45, 2.75) is 32.4 Å². The summed E-state index contributed by atoms with van der Waals surface area (Å²) in [7, 11) is 0. The Morgan fingerprint density at radius 3 is 2.09 bits per heavy atom. The molecule has 0 heterocycles. The molecule has 3 aromatic carbocycles. The van der Waals surface area contributed by atoms with Crippen molar-refractivity contribution in [3.05, 3.63) is 101 Å². The van der Waals surface area contributed by atoms with Crippen LogP contribution in [0.4, 0.5) is 10.5 Å². The highest BCUT2D eigenvalue weighted by Crippen LogP contribution is 2.25. The molecule has 0 radical (unpaired) electrons. The van der Waals surface area contributed by atoms with Crippen molar-refractivity contribution in [2.75, 3.05) is 5.32 Å². The van der Waals surface area contributed by atoms with Crippen molar-refractivity contribution in [2.24, 2.45) is 0 Å². The lowest BCUT2D eigenvalue weighted by atomic mass is 10.0. The minimum Gasteiger partial charge on any atom is -0.444 e. The highest BCUT2D eigenvalue weighted by Gasteiger charge is 2.27. The third-order valence-electron chi connectivity index (χ3n) is 4.58. The molecule has 1 atom stereocenters. The Hall–Kier alpha value is -3.64. The van der Waals surface area contributed by atoms with Crippen LogP contribution in [-0.4, -0.2) is 23.4 Å². The van der Waals surface area contributed by atoms with E-state index in [1.165, 1.54) is 6.07 Å². The molecule has 0 aliphatic heterocycles. The van der Waals surface area contributed by atoms with Crippen molar-refractivity contribution < 1.29 is 19.1 Å². The molecule has 7 heteroatoms. The van der Waals surface area contributed by atoms with Gasteiger partial charge in [-0.15, -0.1) is 0 Å². The summed E-state index contributed by atoms with van der Waals surface area (Å²) < 4.78 is 5.32. The summed E-state index contributed by atoms with van der Waals surface area (Å²) in [5.74, 6) is -0.818. The second-order valence-corrected chi connectivity index (χ2v) is 8.80. The van der Waals surface area contributed by atoms with E-state index >= 15 is 0 Å². The predicted octanol–water partition coefficient (Wildman–Crippen LogP) is 5.78. The number of hydrogen-bond donors (Lipinski definition) is 2. The number of alkyl carbamates (subject to hydrolysis) is 1.